The Morgan fingerprint density at radius 3 is 2.57 bits per heavy atom. The van der Waals surface area contributed by atoms with Gasteiger partial charge in [0.05, 0.1) is 12.1 Å². The first-order chi connectivity index (χ1) is 10.5. The van der Waals surface area contributed by atoms with Gasteiger partial charge in [-0.2, -0.15) is 24.9 Å². The fourth-order valence-electron chi connectivity index (χ4n) is 2.03. The van der Waals surface area contributed by atoms with Crippen molar-refractivity contribution in [3.8, 4) is 5.75 Å². The van der Waals surface area contributed by atoms with Gasteiger partial charge in [-0.1, -0.05) is 12.1 Å². The first-order valence-electron chi connectivity index (χ1n) is 6.90. The van der Waals surface area contributed by atoms with Gasteiger partial charge in [-0.25, -0.2) is 4.99 Å². The van der Waals surface area contributed by atoms with Crippen molar-refractivity contribution < 1.29 is 17.9 Å². The van der Waals surface area contributed by atoms with E-state index in [9.17, 15) is 13.2 Å². The molecule has 1 aromatic carbocycles. The van der Waals surface area contributed by atoms with E-state index in [4.69, 9.17) is 10.5 Å². The van der Waals surface area contributed by atoms with Crippen LogP contribution in [-0.2, 0) is 6.18 Å². The molecular weight excluding hydrogens is 442 g/mol. The van der Waals surface area contributed by atoms with E-state index in [2.05, 4.69) is 4.99 Å². The number of nitrogens with two attached hydrogens (primary N) is 1. The Morgan fingerprint density at radius 1 is 1.26 bits per heavy atom. The lowest BCUT2D eigenvalue weighted by Gasteiger charge is -2.27. The van der Waals surface area contributed by atoms with E-state index in [1.54, 1.807) is 0 Å². The van der Waals surface area contributed by atoms with E-state index < -0.39 is 11.7 Å². The zero-order valence-electron chi connectivity index (χ0n) is 12.4. The van der Waals surface area contributed by atoms with Gasteiger partial charge in [-0.3, -0.25) is 0 Å². The van der Waals surface area contributed by atoms with Crippen LogP contribution in [0.4, 0.5) is 13.2 Å². The topological polar surface area (TPSA) is 50.9 Å². The van der Waals surface area contributed by atoms with Crippen molar-refractivity contribution in [2.75, 3.05) is 37.7 Å². The number of nitrogens with zero attached hydrogens (tertiary/aromatic N) is 2. The number of rotatable bonds is 4. The molecule has 0 unspecified atom stereocenters. The minimum absolute atomic E-state index is 0. The third-order valence-electron chi connectivity index (χ3n) is 3.15. The van der Waals surface area contributed by atoms with Gasteiger partial charge in [0.2, 0.25) is 0 Å². The monoisotopic (exact) mass is 461 g/mol. The molecule has 2 rings (SSSR count). The molecule has 4 nitrogen and oxygen atoms in total. The summed E-state index contributed by atoms with van der Waals surface area (Å²) in [6.07, 6.45) is -4.43. The Hall–Kier alpha value is -0.840. The van der Waals surface area contributed by atoms with Crippen molar-refractivity contribution in [2.24, 2.45) is 10.7 Å². The molecule has 1 heterocycles. The van der Waals surface area contributed by atoms with E-state index in [1.165, 1.54) is 18.2 Å². The van der Waals surface area contributed by atoms with Gasteiger partial charge in [0, 0.05) is 24.6 Å². The summed E-state index contributed by atoms with van der Waals surface area (Å²) in [6.45, 7) is 1.97. The molecule has 0 amide bonds. The number of guanidine groups is 1. The highest BCUT2D eigenvalue weighted by molar-refractivity contribution is 14.0. The van der Waals surface area contributed by atoms with E-state index in [0.29, 0.717) is 5.96 Å². The van der Waals surface area contributed by atoms with Crippen molar-refractivity contribution in [3.05, 3.63) is 29.8 Å². The molecule has 0 saturated carbocycles. The lowest BCUT2D eigenvalue weighted by atomic mass is 10.2. The first kappa shape index (κ1) is 20.2. The SMILES string of the molecule is I.NC(=NCCOc1ccccc1C(F)(F)F)N1CCSCC1. The van der Waals surface area contributed by atoms with E-state index >= 15 is 0 Å². The zero-order chi connectivity index (χ0) is 16.0. The molecular formula is C14H19F3IN3OS. The number of thioether (sulfide) groups is 1. The minimum Gasteiger partial charge on any atom is -0.491 e. The van der Waals surface area contributed by atoms with E-state index in [1.807, 2.05) is 16.7 Å². The molecule has 0 spiro atoms. The standard InChI is InChI=1S/C14H18F3N3OS.HI/c15-14(16,17)11-3-1-2-4-12(11)21-8-5-19-13(18)20-6-9-22-10-7-20;/h1-4H,5-10H2,(H2,18,19);1H. The van der Waals surface area contributed by atoms with Crippen molar-refractivity contribution in [3.63, 3.8) is 0 Å². The second kappa shape index (κ2) is 9.45. The average molecular weight is 461 g/mol. The number of alkyl halides is 3. The molecule has 2 N–H and O–H groups in total. The van der Waals surface area contributed by atoms with E-state index in [-0.39, 0.29) is 42.9 Å². The van der Waals surface area contributed by atoms with Gasteiger partial charge in [0.1, 0.15) is 12.4 Å². The summed E-state index contributed by atoms with van der Waals surface area (Å²) in [5, 5.41) is 0. The van der Waals surface area contributed by atoms with E-state index in [0.717, 1.165) is 30.7 Å². The molecule has 0 aliphatic carbocycles. The normalized spacial score (nSPS) is 16.0. The number of aliphatic imine (C=N–C) groups is 1. The Morgan fingerprint density at radius 2 is 1.91 bits per heavy atom. The smallest absolute Gasteiger partial charge is 0.419 e. The van der Waals surface area contributed by atoms with Crippen molar-refractivity contribution in [1.82, 2.24) is 4.90 Å². The predicted octanol–water partition coefficient (Wildman–Crippen LogP) is 3.07. The number of benzene rings is 1. The Balaban J connectivity index is 0.00000264. The summed E-state index contributed by atoms with van der Waals surface area (Å²) in [4.78, 5) is 6.13. The highest BCUT2D eigenvalue weighted by atomic mass is 127. The van der Waals surface area contributed by atoms with Gasteiger partial charge in [0.15, 0.2) is 5.96 Å². The quantitative estimate of drug-likeness (QED) is 0.324. The van der Waals surface area contributed by atoms with Gasteiger partial charge in [0.25, 0.3) is 0 Å². The van der Waals surface area contributed by atoms with Crippen LogP contribution in [-0.4, -0.2) is 48.6 Å². The van der Waals surface area contributed by atoms with Crippen LogP contribution in [0.2, 0.25) is 0 Å². The van der Waals surface area contributed by atoms with Crippen LogP contribution in [0.3, 0.4) is 0 Å². The fourth-order valence-corrected chi connectivity index (χ4v) is 2.94. The van der Waals surface area contributed by atoms with Crippen LogP contribution in [0.1, 0.15) is 5.56 Å². The zero-order valence-corrected chi connectivity index (χ0v) is 15.5. The van der Waals surface area contributed by atoms with Crippen LogP contribution in [0.5, 0.6) is 5.75 Å². The largest absolute Gasteiger partial charge is 0.491 e. The lowest BCUT2D eigenvalue weighted by molar-refractivity contribution is -0.138. The molecule has 1 aliphatic rings. The Labute approximate surface area is 154 Å². The molecule has 0 aromatic heterocycles. The number of hydrogen-bond donors (Lipinski definition) is 1. The highest BCUT2D eigenvalue weighted by Crippen LogP contribution is 2.35. The fraction of sp³-hybridized carbons (Fsp3) is 0.500. The maximum Gasteiger partial charge on any atom is 0.419 e. The van der Waals surface area contributed by atoms with Crippen LogP contribution < -0.4 is 10.5 Å². The first-order valence-corrected chi connectivity index (χ1v) is 8.05. The molecule has 1 aromatic rings. The van der Waals surface area contributed by atoms with Crippen LogP contribution in [0, 0.1) is 0 Å². The molecule has 23 heavy (non-hydrogen) atoms. The van der Waals surface area contributed by atoms with Gasteiger partial charge in [-0.15, -0.1) is 24.0 Å². The van der Waals surface area contributed by atoms with Gasteiger partial charge in [-0.05, 0) is 12.1 Å². The summed E-state index contributed by atoms with van der Waals surface area (Å²) in [7, 11) is 0. The summed E-state index contributed by atoms with van der Waals surface area (Å²) < 4.78 is 43.6. The summed E-state index contributed by atoms with van der Waals surface area (Å²) in [5.41, 5.74) is 5.08. The van der Waals surface area contributed by atoms with Gasteiger partial charge >= 0.3 is 6.18 Å². The molecule has 0 radical (unpaired) electrons. The molecule has 130 valence electrons. The predicted molar refractivity (Wildman–Crippen MR) is 97.7 cm³/mol. The van der Waals surface area contributed by atoms with Crippen molar-refractivity contribution >= 4 is 41.7 Å². The highest BCUT2D eigenvalue weighted by Gasteiger charge is 2.33. The molecule has 1 fully saturated rings. The lowest BCUT2D eigenvalue weighted by Crippen LogP contribution is -2.42. The van der Waals surface area contributed by atoms with Crippen molar-refractivity contribution in [2.45, 2.75) is 6.18 Å². The Bertz CT molecular complexity index is 522. The summed E-state index contributed by atoms with van der Waals surface area (Å²) >= 11 is 1.86. The maximum atomic E-state index is 12.8. The summed E-state index contributed by atoms with van der Waals surface area (Å²) in [6, 6.07) is 5.14. The molecule has 9 heteroatoms. The average Bonchev–Trinajstić information content (AvgIpc) is 2.51. The molecule has 0 bridgehead atoms. The molecule has 0 atom stereocenters. The number of hydrogen-bond acceptors (Lipinski definition) is 3. The Kier molecular flexibility index (Phi) is 8.31. The second-order valence-electron chi connectivity index (χ2n) is 4.68. The number of para-hydroxylation sites is 1. The van der Waals surface area contributed by atoms with Gasteiger partial charge < -0.3 is 15.4 Å². The third kappa shape index (κ3) is 6.28. The molecule has 1 saturated heterocycles. The van der Waals surface area contributed by atoms with Crippen molar-refractivity contribution in [1.29, 1.82) is 0 Å². The van der Waals surface area contributed by atoms with Crippen LogP contribution in [0.15, 0.2) is 29.3 Å². The minimum atomic E-state index is -4.43. The van der Waals surface area contributed by atoms with Crippen LogP contribution >= 0.6 is 35.7 Å². The second-order valence-corrected chi connectivity index (χ2v) is 5.91. The maximum absolute atomic E-state index is 12.8. The number of ether oxygens (including phenoxy) is 1. The summed E-state index contributed by atoms with van der Waals surface area (Å²) in [5.74, 6) is 2.25. The number of halogens is 4. The molecule has 1 aliphatic heterocycles. The third-order valence-corrected chi connectivity index (χ3v) is 4.09. The van der Waals surface area contributed by atoms with Crippen LogP contribution in [0.25, 0.3) is 0 Å².